The van der Waals surface area contributed by atoms with Crippen LogP contribution < -0.4 is 14.8 Å². The lowest BCUT2D eigenvalue weighted by Gasteiger charge is -2.26. The Hall–Kier alpha value is -3.88. The molecule has 0 spiro atoms. The zero-order valence-electron chi connectivity index (χ0n) is 15.3. The first-order valence-corrected chi connectivity index (χ1v) is 8.76. The van der Waals surface area contributed by atoms with Crippen molar-refractivity contribution in [2.45, 2.75) is 6.10 Å². The van der Waals surface area contributed by atoms with Gasteiger partial charge in [0.1, 0.15) is 12.7 Å². The van der Waals surface area contributed by atoms with E-state index in [9.17, 15) is 19.7 Å². The molecule has 1 N–H and O–H groups in total. The Morgan fingerprint density at radius 3 is 2.69 bits per heavy atom. The number of nitrogens with zero attached hydrogens (tertiary/aromatic N) is 1. The molecule has 0 aliphatic carbocycles. The standard InChI is InChI=1S/C20H18N2O7/c23-19(21-11-15-12-27-17-7-3-4-8-18(17)29-15)13-28-20(24)10-9-14-5-1-2-6-16(14)22(25)26/h1-10,15H,11-13H2,(H,21,23)/b10-9+/t15-/m0/s1. The number of fused-ring (bicyclic) bond motifs is 1. The summed E-state index contributed by atoms with van der Waals surface area (Å²) in [4.78, 5) is 34.0. The normalized spacial score (nSPS) is 15.0. The van der Waals surface area contributed by atoms with Crippen LogP contribution in [0.5, 0.6) is 11.5 Å². The molecule has 2 aromatic carbocycles. The highest BCUT2D eigenvalue weighted by Crippen LogP contribution is 2.30. The fourth-order valence-electron chi connectivity index (χ4n) is 2.58. The van der Waals surface area contributed by atoms with Crippen LogP contribution in [-0.2, 0) is 14.3 Å². The Labute approximate surface area is 166 Å². The molecule has 0 aromatic heterocycles. The van der Waals surface area contributed by atoms with E-state index in [2.05, 4.69) is 5.32 Å². The van der Waals surface area contributed by atoms with Crippen molar-refractivity contribution in [1.29, 1.82) is 0 Å². The van der Waals surface area contributed by atoms with Gasteiger partial charge in [-0.3, -0.25) is 14.9 Å². The van der Waals surface area contributed by atoms with Crippen molar-refractivity contribution in [3.05, 3.63) is 70.3 Å². The maximum atomic E-state index is 11.9. The van der Waals surface area contributed by atoms with E-state index < -0.39 is 23.4 Å². The molecule has 0 radical (unpaired) electrons. The van der Waals surface area contributed by atoms with Crippen LogP contribution in [0.15, 0.2) is 54.6 Å². The fraction of sp³-hybridized carbons (Fsp3) is 0.200. The van der Waals surface area contributed by atoms with E-state index in [1.807, 2.05) is 12.1 Å². The summed E-state index contributed by atoms with van der Waals surface area (Å²) in [5.74, 6) is -0.0385. The smallest absolute Gasteiger partial charge is 0.331 e. The number of hydrogen-bond donors (Lipinski definition) is 1. The molecular weight excluding hydrogens is 380 g/mol. The third kappa shape index (κ3) is 5.55. The number of esters is 1. The summed E-state index contributed by atoms with van der Waals surface area (Å²) >= 11 is 0. The van der Waals surface area contributed by atoms with E-state index >= 15 is 0 Å². The number of nitrogens with one attached hydrogen (secondary N) is 1. The molecule has 9 heteroatoms. The zero-order valence-corrected chi connectivity index (χ0v) is 15.3. The molecule has 0 fully saturated rings. The van der Waals surface area contributed by atoms with Crippen LogP contribution in [0.2, 0.25) is 0 Å². The third-order valence-corrected chi connectivity index (χ3v) is 3.97. The molecule has 1 aliphatic heterocycles. The van der Waals surface area contributed by atoms with E-state index in [-0.39, 0.29) is 30.5 Å². The number of ether oxygens (including phenoxy) is 3. The lowest BCUT2D eigenvalue weighted by Crippen LogP contribution is -2.42. The first kappa shape index (κ1) is 19.9. The molecule has 1 atom stereocenters. The zero-order chi connectivity index (χ0) is 20.6. The van der Waals surface area contributed by atoms with Gasteiger partial charge in [0.15, 0.2) is 18.1 Å². The van der Waals surface area contributed by atoms with Gasteiger partial charge in [-0.2, -0.15) is 0 Å². The summed E-state index contributed by atoms with van der Waals surface area (Å²) < 4.78 is 16.1. The van der Waals surface area contributed by atoms with Crippen LogP contribution in [0.3, 0.4) is 0 Å². The number of carbonyl (C=O) groups is 2. The van der Waals surface area contributed by atoms with Gasteiger partial charge in [0.05, 0.1) is 17.0 Å². The van der Waals surface area contributed by atoms with E-state index in [0.717, 1.165) is 6.08 Å². The number of para-hydroxylation sites is 3. The van der Waals surface area contributed by atoms with Gasteiger partial charge in [0, 0.05) is 12.1 Å². The number of benzene rings is 2. The van der Waals surface area contributed by atoms with Crippen molar-refractivity contribution in [1.82, 2.24) is 5.32 Å². The number of carbonyl (C=O) groups excluding carboxylic acids is 2. The largest absolute Gasteiger partial charge is 0.486 e. The van der Waals surface area contributed by atoms with E-state index in [4.69, 9.17) is 14.2 Å². The maximum Gasteiger partial charge on any atom is 0.331 e. The monoisotopic (exact) mass is 398 g/mol. The number of rotatable bonds is 7. The summed E-state index contributed by atoms with van der Waals surface area (Å²) in [6.07, 6.45) is 1.94. The molecule has 2 aromatic rings. The molecule has 0 bridgehead atoms. The number of hydrogen-bond acceptors (Lipinski definition) is 7. The Morgan fingerprint density at radius 2 is 1.90 bits per heavy atom. The van der Waals surface area contributed by atoms with Crippen molar-refractivity contribution in [2.24, 2.45) is 0 Å². The van der Waals surface area contributed by atoms with Crippen molar-refractivity contribution in [2.75, 3.05) is 19.8 Å². The minimum Gasteiger partial charge on any atom is -0.486 e. The first-order valence-electron chi connectivity index (χ1n) is 8.76. The summed E-state index contributed by atoms with van der Waals surface area (Å²) in [5, 5.41) is 13.5. The molecule has 29 heavy (non-hydrogen) atoms. The second-order valence-electron chi connectivity index (χ2n) is 6.06. The summed E-state index contributed by atoms with van der Waals surface area (Å²) in [5.41, 5.74) is 0.124. The molecule has 1 aliphatic rings. The highest BCUT2D eigenvalue weighted by molar-refractivity contribution is 5.89. The van der Waals surface area contributed by atoms with Gasteiger partial charge in [0.2, 0.25) is 0 Å². The quantitative estimate of drug-likeness (QED) is 0.328. The van der Waals surface area contributed by atoms with Crippen LogP contribution in [0, 0.1) is 10.1 Å². The van der Waals surface area contributed by atoms with Crippen LogP contribution in [0.25, 0.3) is 6.08 Å². The molecule has 1 amide bonds. The fourth-order valence-corrected chi connectivity index (χ4v) is 2.58. The van der Waals surface area contributed by atoms with Gasteiger partial charge in [-0.05, 0) is 24.3 Å². The molecule has 0 saturated heterocycles. The number of amides is 1. The van der Waals surface area contributed by atoms with Gasteiger partial charge < -0.3 is 19.5 Å². The SMILES string of the molecule is O=C(COC(=O)/C=C/c1ccccc1[N+](=O)[O-])NC[C@H]1COc2ccccc2O1. The molecule has 0 unspecified atom stereocenters. The van der Waals surface area contributed by atoms with E-state index in [1.165, 1.54) is 24.3 Å². The topological polar surface area (TPSA) is 117 Å². The summed E-state index contributed by atoms with van der Waals surface area (Å²) in [6, 6.07) is 13.2. The van der Waals surface area contributed by atoms with Crippen molar-refractivity contribution < 1.29 is 28.7 Å². The lowest BCUT2D eigenvalue weighted by atomic mass is 10.1. The van der Waals surface area contributed by atoms with Gasteiger partial charge in [-0.15, -0.1) is 0 Å². The van der Waals surface area contributed by atoms with Crippen LogP contribution in [0.1, 0.15) is 5.56 Å². The summed E-state index contributed by atoms with van der Waals surface area (Å²) in [6.45, 7) is -0.00331. The second kappa shape index (κ2) is 9.36. The molecule has 9 nitrogen and oxygen atoms in total. The van der Waals surface area contributed by atoms with Gasteiger partial charge in [0.25, 0.3) is 11.6 Å². The highest BCUT2D eigenvalue weighted by Gasteiger charge is 2.21. The minimum atomic E-state index is -0.788. The van der Waals surface area contributed by atoms with E-state index in [1.54, 1.807) is 18.2 Å². The van der Waals surface area contributed by atoms with Crippen molar-refractivity contribution >= 4 is 23.6 Å². The maximum absolute atomic E-state index is 11.9. The highest BCUT2D eigenvalue weighted by atomic mass is 16.6. The number of nitro benzene ring substituents is 1. The predicted octanol–water partition coefficient (Wildman–Crippen LogP) is 2.11. The lowest BCUT2D eigenvalue weighted by molar-refractivity contribution is -0.385. The first-order chi connectivity index (χ1) is 14.0. The third-order valence-electron chi connectivity index (χ3n) is 3.97. The van der Waals surface area contributed by atoms with Crippen LogP contribution in [0.4, 0.5) is 5.69 Å². The Balaban J connectivity index is 1.42. The average Bonchev–Trinajstić information content (AvgIpc) is 2.74. The van der Waals surface area contributed by atoms with Crippen LogP contribution >= 0.6 is 0 Å². The summed E-state index contributed by atoms with van der Waals surface area (Å²) in [7, 11) is 0. The molecular formula is C20H18N2O7. The second-order valence-corrected chi connectivity index (χ2v) is 6.06. The van der Waals surface area contributed by atoms with Crippen LogP contribution in [-0.4, -0.2) is 42.7 Å². The van der Waals surface area contributed by atoms with Crippen molar-refractivity contribution in [3.63, 3.8) is 0 Å². The van der Waals surface area contributed by atoms with Gasteiger partial charge >= 0.3 is 5.97 Å². The number of nitro groups is 1. The van der Waals surface area contributed by atoms with Gasteiger partial charge in [-0.1, -0.05) is 24.3 Å². The minimum absolute atomic E-state index is 0.134. The molecule has 0 saturated carbocycles. The van der Waals surface area contributed by atoms with Crippen molar-refractivity contribution in [3.8, 4) is 11.5 Å². The average molecular weight is 398 g/mol. The molecule has 150 valence electrons. The molecule has 1 heterocycles. The predicted molar refractivity (Wildman–Crippen MR) is 102 cm³/mol. The Morgan fingerprint density at radius 1 is 1.17 bits per heavy atom. The molecule has 3 rings (SSSR count). The van der Waals surface area contributed by atoms with Gasteiger partial charge in [-0.25, -0.2) is 4.79 Å². The van der Waals surface area contributed by atoms with E-state index in [0.29, 0.717) is 11.5 Å². The Bertz CT molecular complexity index is 942. The Kier molecular flexibility index (Phi) is 6.41.